The lowest BCUT2D eigenvalue weighted by Crippen LogP contribution is -1.91. The zero-order valence-electron chi connectivity index (χ0n) is 10.2. The predicted octanol–water partition coefficient (Wildman–Crippen LogP) is 3.19. The van der Waals surface area contributed by atoms with Crippen LogP contribution in [0.4, 0.5) is 0 Å². The highest BCUT2D eigenvalue weighted by Crippen LogP contribution is 2.15. The second kappa shape index (κ2) is 4.91. The number of hydrogen-bond donors (Lipinski definition) is 0. The molecule has 82 valence electrons. The Morgan fingerprint density at radius 2 is 1.93 bits per heavy atom. The summed E-state index contributed by atoms with van der Waals surface area (Å²) >= 11 is 0. The fraction of sp³-hybridized carbons (Fsp3) is 0.500. The van der Waals surface area contributed by atoms with Crippen molar-refractivity contribution in [3.8, 4) is 0 Å². The molecule has 0 aliphatic rings. The highest BCUT2D eigenvalue weighted by atomic mass is 15.3. The van der Waals surface area contributed by atoms with Crippen molar-refractivity contribution in [2.24, 2.45) is 0 Å². The summed E-state index contributed by atoms with van der Waals surface area (Å²) in [5.41, 5.74) is 2.24. The van der Waals surface area contributed by atoms with Crippen molar-refractivity contribution in [2.75, 3.05) is 0 Å². The van der Waals surface area contributed by atoms with Crippen LogP contribution in [0.2, 0.25) is 0 Å². The van der Waals surface area contributed by atoms with Crippen LogP contribution in [-0.4, -0.2) is 14.6 Å². The molecule has 0 saturated carbocycles. The summed E-state index contributed by atoms with van der Waals surface area (Å²) in [5, 5.41) is 4.22. The SMILES string of the molecule is CC.Cc1nc2cc(C(C)C)ccn2n1. The van der Waals surface area contributed by atoms with Crippen molar-refractivity contribution in [1.82, 2.24) is 14.6 Å². The molecule has 0 bridgehead atoms. The van der Waals surface area contributed by atoms with Gasteiger partial charge in [0.2, 0.25) is 0 Å². The molecule has 2 rings (SSSR count). The lowest BCUT2D eigenvalue weighted by atomic mass is 10.1. The van der Waals surface area contributed by atoms with E-state index in [4.69, 9.17) is 0 Å². The maximum Gasteiger partial charge on any atom is 0.155 e. The smallest absolute Gasteiger partial charge is 0.155 e. The van der Waals surface area contributed by atoms with E-state index in [1.807, 2.05) is 27.0 Å². The van der Waals surface area contributed by atoms with Gasteiger partial charge in [0.15, 0.2) is 5.65 Å². The average molecular weight is 205 g/mol. The van der Waals surface area contributed by atoms with Gasteiger partial charge in [0.25, 0.3) is 0 Å². The van der Waals surface area contributed by atoms with Gasteiger partial charge in [-0.25, -0.2) is 9.50 Å². The number of pyridine rings is 1. The molecule has 15 heavy (non-hydrogen) atoms. The minimum atomic E-state index is 0.544. The summed E-state index contributed by atoms with van der Waals surface area (Å²) in [6.45, 7) is 10.3. The van der Waals surface area contributed by atoms with E-state index in [1.54, 1.807) is 4.52 Å². The summed E-state index contributed by atoms with van der Waals surface area (Å²) in [4.78, 5) is 4.31. The zero-order chi connectivity index (χ0) is 11.4. The van der Waals surface area contributed by atoms with Gasteiger partial charge < -0.3 is 0 Å². The van der Waals surface area contributed by atoms with Crippen LogP contribution in [0.25, 0.3) is 5.65 Å². The van der Waals surface area contributed by atoms with Crippen molar-refractivity contribution in [3.63, 3.8) is 0 Å². The number of hydrogen-bond acceptors (Lipinski definition) is 2. The number of aryl methyl sites for hydroxylation is 1. The normalized spacial score (nSPS) is 10.3. The second-order valence-corrected chi connectivity index (χ2v) is 3.58. The van der Waals surface area contributed by atoms with E-state index in [-0.39, 0.29) is 0 Å². The molecule has 0 atom stereocenters. The summed E-state index contributed by atoms with van der Waals surface area (Å²) in [6.07, 6.45) is 1.96. The van der Waals surface area contributed by atoms with E-state index in [0.717, 1.165) is 11.5 Å². The number of nitrogens with zero attached hydrogens (tertiary/aromatic N) is 3. The fourth-order valence-electron chi connectivity index (χ4n) is 1.37. The monoisotopic (exact) mass is 205 g/mol. The molecule has 0 saturated heterocycles. The van der Waals surface area contributed by atoms with Gasteiger partial charge in [0, 0.05) is 6.20 Å². The van der Waals surface area contributed by atoms with Gasteiger partial charge in [-0.15, -0.1) is 0 Å². The molecule has 0 aliphatic heterocycles. The molecule has 3 nitrogen and oxygen atoms in total. The summed E-state index contributed by atoms with van der Waals surface area (Å²) in [5.74, 6) is 1.36. The van der Waals surface area contributed by atoms with E-state index in [0.29, 0.717) is 5.92 Å². The van der Waals surface area contributed by atoms with Crippen LogP contribution in [-0.2, 0) is 0 Å². The fourth-order valence-corrected chi connectivity index (χ4v) is 1.37. The molecule has 2 heterocycles. The third kappa shape index (κ3) is 2.55. The molecule has 0 amide bonds. The largest absolute Gasteiger partial charge is 0.221 e. The van der Waals surface area contributed by atoms with Gasteiger partial charge in [-0.3, -0.25) is 0 Å². The summed E-state index contributed by atoms with van der Waals surface area (Å²) < 4.78 is 1.81. The molecule has 0 radical (unpaired) electrons. The average Bonchev–Trinajstić information content (AvgIpc) is 2.59. The molecule has 2 aromatic rings. The van der Waals surface area contributed by atoms with Gasteiger partial charge in [-0.1, -0.05) is 27.7 Å². The maximum atomic E-state index is 4.31. The quantitative estimate of drug-likeness (QED) is 0.715. The van der Waals surface area contributed by atoms with Gasteiger partial charge in [0.05, 0.1) is 0 Å². The second-order valence-electron chi connectivity index (χ2n) is 3.58. The van der Waals surface area contributed by atoms with E-state index >= 15 is 0 Å². The molecular weight excluding hydrogens is 186 g/mol. The van der Waals surface area contributed by atoms with Crippen LogP contribution in [0.5, 0.6) is 0 Å². The van der Waals surface area contributed by atoms with Crippen LogP contribution in [0, 0.1) is 6.92 Å². The minimum absolute atomic E-state index is 0.544. The Labute approximate surface area is 91.2 Å². The Bertz CT molecular complexity index is 429. The van der Waals surface area contributed by atoms with Crippen LogP contribution in [0.15, 0.2) is 18.3 Å². The van der Waals surface area contributed by atoms with Gasteiger partial charge in [-0.05, 0) is 30.5 Å². The molecular formula is C12H19N3. The summed E-state index contributed by atoms with van der Waals surface area (Å²) in [7, 11) is 0. The molecule has 0 aliphatic carbocycles. The number of aromatic nitrogens is 3. The third-order valence-corrected chi connectivity index (χ3v) is 2.13. The Hall–Kier alpha value is -1.38. The van der Waals surface area contributed by atoms with E-state index < -0.39 is 0 Å². The summed E-state index contributed by atoms with van der Waals surface area (Å²) in [6, 6.07) is 4.18. The molecule has 2 aromatic heterocycles. The van der Waals surface area contributed by atoms with E-state index in [1.165, 1.54) is 5.56 Å². The Kier molecular flexibility index (Phi) is 3.83. The van der Waals surface area contributed by atoms with Gasteiger partial charge >= 0.3 is 0 Å². The molecule has 0 spiro atoms. The first-order valence-corrected chi connectivity index (χ1v) is 5.50. The van der Waals surface area contributed by atoms with Crippen LogP contribution in [0.3, 0.4) is 0 Å². The van der Waals surface area contributed by atoms with E-state index in [9.17, 15) is 0 Å². The molecule has 0 fully saturated rings. The van der Waals surface area contributed by atoms with Crippen molar-refractivity contribution in [3.05, 3.63) is 29.7 Å². The van der Waals surface area contributed by atoms with Crippen LogP contribution < -0.4 is 0 Å². The number of fused-ring (bicyclic) bond motifs is 1. The van der Waals surface area contributed by atoms with Crippen molar-refractivity contribution < 1.29 is 0 Å². The van der Waals surface area contributed by atoms with Crippen molar-refractivity contribution >= 4 is 5.65 Å². The topological polar surface area (TPSA) is 30.2 Å². The highest BCUT2D eigenvalue weighted by Gasteiger charge is 2.02. The lowest BCUT2D eigenvalue weighted by molar-refractivity contribution is 0.853. The molecule has 0 aromatic carbocycles. The predicted molar refractivity (Wildman–Crippen MR) is 63.2 cm³/mol. The van der Waals surface area contributed by atoms with Crippen molar-refractivity contribution in [2.45, 2.75) is 40.5 Å². The zero-order valence-corrected chi connectivity index (χ0v) is 10.2. The first-order valence-electron chi connectivity index (χ1n) is 5.50. The molecule has 0 unspecified atom stereocenters. The first-order chi connectivity index (χ1) is 7.16. The third-order valence-electron chi connectivity index (χ3n) is 2.13. The molecule has 0 N–H and O–H groups in total. The van der Waals surface area contributed by atoms with Crippen LogP contribution >= 0.6 is 0 Å². The molecule has 3 heteroatoms. The standard InChI is InChI=1S/C10H13N3.C2H6/c1-7(2)9-4-5-13-10(6-9)11-8(3)12-13;1-2/h4-7H,1-3H3;1-2H3. The minimum Gasteiger partial charge on any atom is -0.221 e. The van der Waals surface area contributed by atoms with Crippen molar-refractivity contribution in [1.29, 1.82) is 0 Å². The maximum absolute atomic E-state index is 4.31. The Balaban J connectivity index is 0.000000531. The highest BCUT2D eigenvalue weighted by molar-refractivity contribution is 5.41. The first kappa shape index (κ1) is 11.7. The number of rotatable bonds is 1. The Morgan fingerprint density at radius 3 is 2.53 bits per heavy atom. The van der Waals surface area contributed by atoms with Gasteiger partial charge in [-0.2, -0.15) is 5.10 Å². The van der Waals surface area contributed by atoms with Gasteiger partial charge in [0.1, 0.15) is 5.82 Å². The van der Waals surface area contributed by atoms with E-state index in [2.05, 4.69) is 36.1 Å². The lowest BCUT2D eigenvalue weighted by Gasteiger charge is -2.03. The Morgan fingerprint density at radius 1 is 1.27 bits per heavy atom. The van der Waals surface area contributed by atoms with Crippen LogP contribution in [0.1, 0.15) is 45.0 Å².